The van der Waals surface area contributed by atoms with Crippen molar-refractivity contribution in [3.8, 4) is 11.5 Å². The summed E-state index contributed by atoms with van der Waals surface area (Å²) in [7, 11) is 1.44. The van der Waals surface area contributed by atoms with Gasteiger partial charge in [0.2, 0.25) is 5.78 Å². The highest BCUT2D eigenvalue weighted by atomic mass is 19.3. The van der Waals surface area contributed by atoms with E-state index in [2.05, 4.69) is 0 Å². The van der Waals surface area contributed by atoms with Crippen LogP contribution in [0.2, 0.25) is 0 Å². The molecule has 0 fully saturated rings. The lowest BCUT2D eigenvalue weighted by molar-refractivity contribution is 0.0678. The second kappa shape index (κ2) is 5.44. The highest BCUT2D eigenvalue weighted by Gasteiger charge is 2.19. The number of benzene rings is 1. The van der Waals surface area contributed by atoms with Crippen LogP contribution in [0.4, 0.5) is 8.78 Å². The van der Waals surface area contributed by atoms with Gasteiger partial charge in [-0.05, 0) is 25.1 Å². The smallest absolute Gasteiger partial charge is 0.300 e. The number of carbonyl (C=O) groups is 1. The van der Waals surface area contributed by atoms with E-state index in [1.807, 2.05) is 0 Å². The number of halogens is 2. The van der Waals surface area contributed by atoms with Gasteiger partial charge in [-0.3, -0.25) is 4.79 Å². The Morgan fingerprint density at radius 2 is 2.06 bits per heavy atom. The molecule has 5 heteroatoms. The molecule has 0 saturated carbocycles. The van der Waals surface area contributed by atoms with Gasteiger partial charge < -0.3 is 9.47 Å². The normalized spacial score (nSPS) is 10.3. The van der Waals surface area contributed by atoms with Crippen molar-refractivity contribution < 1.29 is 23.0 Å². The third kappa shape index (κ3) is 2.68. The molecule has 0 aliphatic heterocycles. The zero-order chi connectivity index (χ0) is 12.1. The summed E-state index contributed by atoms with van der Waals surface area (Å²) in [6.45, 7) is 2.11. The molecule has 3 nitrogen and oxygen atoms in total. The Bertz CT molecular complexity index is 377. The van der Waals surface area contributed by atoms with E-state index in [1.165, 1.54) is 25.3 Å². The van der Waals surface area contributed by atoms with Crippen LogP contribution in [0.3, 0.4) is 0 Å². The van der Waals surface area contributed by atoms with Crippen LogP contribution in [-0.4, -0.2) is 25.9 Å². The summed E-state index contributed by atoms with van der Waals surface area (Å²) >= 11 is 0. The number of ketones is 1. The average molecular weight is 230 g/mol. The predicted octanol–water partition coefficient (Wildman–Crippen LogP) is 2.54. The lowest BCUT2D eigenvalue weighted by atomic mass is 10.1. The summed E-state index contributed by atoms with van der Waals surface area (Å²) in [6.07, 6.45) is -3.01. The lowest BCUT2D eigenvalue weighted by Gasteiger charge is -2.10. The van der Waals surface area contributed by atoms with Crippen molar-refractivity contribution >= 4 is 5.78 Å². The second-order valence-electron chi connectivity index (χ2n) is 2.96. The fourth-order valence-corrected chi connectivity index (χ4v) is 1.22. The van der Waals surface area contributed by atoms with Gasteiger partial charge in [-0.2, -0.15) is 0 Å². The van der Waals surface area contributed by atoms with E-state index in [0.29, 0.717) is 12.4 Å². The summed E-state index contributed by atoms with van der Waals surface area (Å²) in [6, 6.07) is 3.98. The number of alkyl halides is 2. The van der Waals surface area contributed by atoms with Crippen molar-refractivity contribution in [2.45, 2.75) is 13.3 Å². The van der Waals surface area contributed by atoms with Crippen LogP contribution < -0.4 is 9.47 Å². The molecule has 0 heterocycles. The standard InChI is InChI=1S/C11H12F2O3/c1-3-16-9-6-7(10(14)11(12)13)4-5-8(9)15-2/h4-6,11H,3H2,1-2H3. The summed E-state index contributed by atoms with van der Waals surface area (Å²) in [5, 5.41) is 0. The Morgan fingerprint density at radius 3 is 2.56 bits per heavy atom. The van der Waals surface area contributed by atoms with Crippen molar-refractivity contribution in [2.75, 3.05) is 13.7 Å². The summed E-state index contributed by atoms with van der Waals surface area (Å²) in [5.74, 6) is -0.521. The molecule has 0 radical (unpaired) electrons. The minimum atomic E-state index is -3.01. The molecule has 0 N–H and O–H groups in total. The van der Waals surface area contributed by atoms with Crippen molar-refractivity contribution in [3.05, 3.63) is 23.8 Å². The van der Waals surface area contributed by atoms with Crippen LogP contribution in [0, 0.1) is 0 Å². The van der Waals surface area contributed by atoms with Gasteiger partial charge in [0, 0.05) is 5.56 Å². The Kier molecular flexibility index (Phi) is 4.22. The van der Waals surface area contributed by atoms with Crippen LogP contribution in [0.5, 0.6) is 11.5 Å². The Morgan fingerprint density at radius 1 is 1.38 bits per heavy atom. The SMILES string of the molecule is CCOc1cc(C(=O)C(F)F)ccc1OC. The number of rotatable bonds is 5. The molecular formula is C11H12F2O3. The fraction of sp³-hybridized carbons (Fsp3) is 0.364. The first-order chi connectivity index (χ1) is 7.60. The topological polar surface area (TPSA) is 35.5 Å². The zero-order valence-electron chi connectivity index (χ0n) is 9.00. The first-order valence-corrected chi connectivity index (χ1v) is 4.73. The van der Waals surface area contributed by atoms with Crippen molar-refractivity contribution in [3.63, 3.8) is 0 Å². The third-order valence-electron chi connectivity index (χ3n) is 1.95. The van der Waals surface area contributed by atoms with Crippen LogP contribution >= 0.6 is 0 Å². The summed E-state index contributed by atoms with van der Waals surface area (Å²) in [4.78, 5) is 11.1. The summed E-state index contributed by atoms with van der Waals surface area (Å²) in [5.41, 5.74) is -0.0840. The van der Waals surface area contributed by atoms with E-state index >= 15 is 0 Å². The maximum Gasteiger partial charge on any atom is 0.300 e. The zero-order valence-corrected chi connectivity index (χ0v) is 9.00. The molecule has 0 bridgehead atoms. The molecule has 88 valence electrons. The number of ether oxygens (including phenoxy) is 2. The van der Waals surface area contributed by atoms with E-state index < -0.39 is 12.2 Å². The third-order valence-corrected chi connectivity index (χ3v) is 1.95. The lowest BCUT2D eigenvalue weighted by Crippen LogP contribution is -2.10. The van der Waals surface area contributed by atoms with E-state index in [-0.39, 0.29) is 11.3 Å². The molecular weight excluding hydrogens is 218 g/mol. The molecule has 0 atom stereocenters. The molecule has 1 aromatic rings. The largest absolute Gasteiger partial charge is 0.493 e. The van der Waals surface area contributed by atoms with Gasteiger partial charge in [0.15, 0.2) is 11.5 Å². The van der Waals surface area contributed by atoms with Gasteiger partial charge in [-0.25, -0.2) is 8.78 Å². The average Bonchev–Trinajstić information content (AvgIpc) is 2.28. The van der Waals surface area contributed by atoms with Crippen molar-refractivity contribution in [2.24, 2.45) is 0 Å². The van der Waals surface area contributed by atoms with Crippen LogP contribution in [0.15, 0.2) is 18.2 Å². The Hall–Kier alpha value is -1.65. The first-order valence-electron chi connectivity index (χ1n) is 4.73. The first kappa shape index (κ1) is 12.4. The minimum Gasteiger partial charge on any atom is -0.493 e. The Labute approximate surface area is 92.0 Å². The minimum absolute atomic E-state index is 0.0840. The maximum absolute atomic E-state index is 12.2. The number of Topliss-reactive ketones (excluding diaryl/α,β-unsaturated/α-hetero) is 1. The van der Waals surface area contributed by atoms with Gasteiger partial charge >= 0.3 is 6.43 Å². The predicted molar refractivity (Wildman–Crippen MR) is 54.5 cm³/mol. The molecule has 1 rings (SSSR count). The van der Waals surface area contributed by atoms with Gasteiger partial charge in [0.05, 0.1) is 13.7 Å². The molecule has 1 aromatic carbocycles. The molecule has 0 amide bonds. The van der Waals surface area contributed by atoms with Gasteiger partial charge in [-0.1, -0.05) is 0 Å². The van der Waals surface area contributed by atoms with Crippen molar-refractivity contribution in [1.82, 2.24) is 0 Å². The number of carbonyl (C=O) groups excluding carboxylic acids is 1. The summed E-state index contributed by atoms with van der Waals surface area (Å²) < 4.78 is 34.5. The van der Waals surface area contributed by atoms with E-state index in [4.69, 9.17) is 9.47 Å². The van der Waals surface area contributed by atoms with E-state index in [0.717, 1.165) is 0 Å². The molecule has 0 aromatic heterocycles. The van der Waals surface area contributed by atoms with Crippen LogP contribution in [-0.2, 0) is 0 Å². The van der Waals surface area contributed by atoms with Crippen LogP contribution in [0.25, 0.3) is 0 Å². The molecule has 0 saturated heterocycles. The second-order valence-corrected chi connectivity index (χ2v) is 2.96. The highest BCUT2D eigenvalue weighted by Crippen LogP contribution is 2.28. The number of hydrogen-bond acceptors (Lipinski definition) is 3. The quantitative estimate of drug-likeness (QED) is 0.729. The van der Waals surface area contributed by atoms with Gasteiger partial charge in [0.1, 0.15) is 0 Å². The van der Waals surface area contributed by atoms with Crippen molar-refractivity contribution in [1.29, 1.82) is 0 Å². The number of methoxy groups -OCH3 is 1. The fourth-order valence-electron chi connectivity index (χ4n) is 1.22. The molecule has 0 aliphatic carbocycles. The van der Waals surface area contributed by atoms with Crippen LogP contribution in [0.1, 0.15) is 17.3 Å². The van der Waals surface area contributed by atoms with Gasteiger partial charge in [-0.15, -0.1) is 0 Å². The molecule has 0 aliphatic rings. The van der Waals surface area contributed by atoms with Gasteiger partial charge in [0.25, 0.3) is 0 Å². The number of hydrogen-bond donors (Lipinski definition) is 0. The monoisotopic (exact) mass is 230 g/mol. The maximum atomic E-state index is 12.2. The van der Waals surface area contributed by atoms with E-state index in [9.17, 15) is 13.6 Å². The molecule has 16 heavy (non-hydrogen) atoms. The molecule has 0 unspecified atom stereocenters. The van der Waals surface area contributed by atoms with E-state index in [1.54, 1.807) is 6.92 Å². The Balaban J connectivity index is 3.06. The molecule has 0 spiro atoms. The highest BCUT2D eigenvalue weighted by molar-refractivity contribution is 5.99.